The van der Waals surface area contributed by atoms with Crippen molar-refractivity contribution in [3.05, 3.63) is 23.9 Å². The molecule has 0 bridgehead atoms. The Labute approximate surface area is 131 Å². The van der Waals surface area contributed by atoms with Crippen LogP contribution < -0.4 is 10.2 Å². The normalized spacial score (nSPS) is 11.4. The molecule has 120 valence electrons. The molecule has 0 atom stereocenters. The number of aromatic nitrogens is 1. The summed E-state index contributed by atoms with van der Waals surface area (Å²) in [7, 11) is 0. The number of anilines is 1. The molecule has 1 rings (SSSR count). The molecule has 0 fully saturated rings. The van der Waals surface area contributed by atoms with Gasteiger partial charge in [-0.25, -0.2) is 4.98 Å². The minimum atomic E-state index is 0.576. The minimum Gasteiger partial charge on any atom is -0.353 e. The lowest BCUT2D eigenvalue weighted by atomic mass is 10.1. The second-order valence-corrected chi connectivity index (χ2v) is 6.18. The topological polar surface area (TPSA) is 28.2 Å². The number of hydrogen-bond donors (Lipinski definition) is 1. The van der Waals surface area contributed by atoms with Crippen LogP contribution in [0.2, 0.25) is 0 Å². The van der Waals surface area contributed by atoms with Crippen LogP contribution in [0.1, 0.15) is 59.4 Å². The molecule has 3 heteroatoms. The van der Waals surface area contributed by atoms with Crippen molar-refractivity contribution in [2.24, 2.45) is 5.92 Å². The van der Waals surface area contributed by atoms with Crippen LogP contribution in [0.5, 0.6) is 0 Å². The van der Waals surface area contributed by atoms with E-state index in [1.807, 2.05) is 12.3 Å². The largest absolute Gasteiger partial charge is 0.353 e. The molecule has 0 unspecified atom stereocenters. The maximum Gasteiger partial charge on any atom is 0.133 e. The van der Waals surface area contributed by atoms with Crippen LogP contribution in [-0.2, 0) is 6.54 Å². The van der Waals surface area contributed by atoms with E-state index in [0.29, 0.717) is 12.0 Å². The third kappa shape index (κ3) is 5.66. The first-order valence-electron chi connectivity index (χ1n) is 8.55. The molecule has 1 aromatic heterocycles. The monoisotopic (exact) mass is 291 g/mol. The zero-order chi connectivity index (χ0) is 15.7. The molecule has 0 aliphatic heterocycles. The predicted molar refractivity (Wildman–Crippen MR) is 92.8 cm³/mol. The molecule has 0 spiro atoms. The summed E-state index contributed by atoms with van der Waals surface area (Å²) in [5.74, 6) is 1.81. The van der Waals surface area contributed by atoms with E-state index in [0.717, 1.165) is 26.1 Å². The Morgan fingerprint density at radius 3 is 2.48 bits per heavy atom. The van der Waals surface area contributed by atoms with Gasteiger partial charge in [0.1, 0.15) is 5.82 Å². The highest BCUT2D eigenvalue weighted by atomic mass is 15.2. The van der Waals surface area contributed by atoms with E-state index in [4.69, 9.17) is 4.98 Å². The van der Waals surface area contributed by atoms with E-state index < -0.39 is 0 Å². The van der Waals surface area contributed by atoms with Crippen LogP contribution in [0.25, 0.3) is 0 Å². The number of pyridine rings is 1. The molecular weight excluding hydrogens is 258 g/mol. The zero-order valence-electron chi connectivity index (χ0n) is 14.5. The maximum absolute atomic E-state index is 4.71. The first-order valence-corrected chi connectivity index (χ1v) is 8.55. The van der Waals surface area contributed by atoms with E-state index in [2.05, 4.69) is 50.9 Å². The second kappa shape index (κ2) is 9.78. The Hall–Kier alpha value is -1.09. The van der Waals surface area contributed by atoms with Gasteiger partial charge in [-0.15, -0.1) is 0 Å². The van der Waals surface area contributed by atoms with Crippen LogP contribution in [0, 0.1) is 5.92 Å². The number of nitrogens with zero attached hydrogens (tertiary/aromatic N) is 2. The van der Waals surface area contributed by atoms with Crippen molar-refractivity contribution in [1.82, 2.24) is 10.3 Å². The molecule has 0 aromatic carbocycles. The van der Waals surface area contributed by atoms with Gasteiger partial charge in [0.25, 0.3) is 0 Å². The molecule has 0 saturated carbocycles. The van der Waals surface area contributed by atoms with Crippen LogP contribution in [0.15, 0.2) is 18.3 Å². The first-order chi connectivity index (χ1) is 10.1. The van der Waals surface area contributed by atoms with E-state index in [1.165, 1.54) is 24.2 Å². The Morgan fingerprint density at radius 1 is 1.19 bits per heavy atom. The number of hydrogen-bond acceptors (Lipinski definition) is 3. The lowest BCUT2D eigenvalue weighted by Crippen LogP contribution is -2.39. The summed E-state index contributed by atoms with van der Waals surface area (Å²) >= 11 is 0. The summed E-state index contributed by atoms with van der Waals surface area (Å²) in [6, 6.07) is 4.83. The zero-order valence-corrected chi connectivity index (χ0v) is 14.5. The van der Waals surface area contributed by atoms with Crippen LogP contribution >= 0.6 is 0 Å². The number of nitrogens with one attached hydrogen (secondary N) is 1. The Kier molecular flexibility index (Phi) is 8.36. The van der Waals surface area contributed by atoms with Crippen molar-refractivity contribution in [2.75, 3.05) is 18.0 Å². The third-order valence-electron chi connectivity index (χ3n) is 3.83. The van der Waals surface area contributed by atoms with Crippen molar-refractivity contribution in [1.29, 1.82) is 0 Å². The molecule has 1 heterocycles. The van der Waals surface area contributed by atoms with Gasteiger partial charge in [0.15, 0.2) is 0 Å². The Morgan fingerprint density at radius 2 is 1.90 bits per heavy atom. The van der Waals surface area contributed by atoms with E-state index in [1.54, 1.807) is 0 Å². The summed E-state index contributed by atoms with van der Waals surface area (Å²) in [5, 5.41) is 3.51. The van der Waals surface area contributed by atoms with Gasteiger partial charge in [-0.3, -0.25) is 0 Å². The molecule has 0 aliphatic carbocycles. The molecule has 0 amide bonds. The lowest BCUT2D eigenvalue weighted by molar-refractivity contribution is 0.501. The molecule has 0 aliphatic rings. The summed E-state index contributed by atoms with van der Waals surface area (Å²) in [6.45, 7) is 14.4. The highest BCUT2D eigenvalue weighted by molar-refractivity contribution is 5.47. The van der Waals surface area contributed by atoms with Gasteiger partial charge in [0.05, 0.1) is 0 Å². The molecule has 3 nitrogen and oxygen atoms in total. The van der Waals surface area contributed by atoms with Crippen molar-refractivity contribution in [3.63, 3.8) is 0 Å². The van der Waals surface area contributed by atoms with Crippen molar-refractivity contribution in [2.45, 2.75) is 66.5 Å². The van der Waals surface area contributed by atoms with Gasteiger partial charge in [0.2, 0.25) is 0 Å². The summed E-state index contributed by atoms with van der Waals surface area (Å²) in [6.07, 6.45) is 5.43. The van der Waals surface area contributed by atoms with Crippen LogP contribution in [0.3, 0.4) is 0 Å². The fourth-order valence-corrected chi connectivity index (χ4v) is 2.76. The average molecular weight is 291 g/mol. The first kappa shape index (κ1) is 18.0. The van der Waals surface area contributed by atoms with E-state index in [9.17, 15) is 0 Å². The fourth-order valence-electron chi connectivity index (χ4n) is 2.76. The van der Waals surface area contributed by atoms with Crippen molar-refractivity contribution in [3.8, 4) is 0 Å². The number of rotatable bonds is 10. The second-order valence-electron chi connectivity index (χ2n) is 6.18. The predicted octanol–water partition coefficient (Wildman–Crippen LogP) is 4.23. The average Bonchev–Trinajstić information content (AvgIpc) is 2.48. The standard InChI is InChI=1S/C18H33N3/c1-6-11-19-13-16-10-9-12-20-18(16)21(14-15(4)5)17(7-2)8-3/h9-10,12,15,17,19H,6-8,11,13-14H2,1-5H3. The summed E-state index contributed by atoms with van der Waals surface area (Å²) < 4.78 is 0. The van der Waals surface area contributed by atoms with Crippen molar-refractivity contribution < 1.29 is 0 Å². The Balaban J connectivity index is 2.99. The van der Waals surface area contributed by atoms with E-state index >= 15 is 0 Å². The lowest BCUT2D eigenvalue weighted by Gasteiger charge is -2.34. The molecule has 1 N–H and O–H groups in total. The Bertz CT molecular complexity index is 386. The van der Waals surface area contributed by atoms with Crippen LogP contribution in [-0.4, -0.2) is 24.1 Å². The summed E-state index contributed by atoms with van der Waals surface area (Å²) in [4.78, 5) is 7.24. The van der Waals surface area contributed by atoms with Gasteiger partial charge < -0.3 is 10.2 Å². The SMILES string of the molecule is CCCNCc1cccnc1N(CC(C)C)C(CC)CC. The molecule has 0 saturated heterocycles. The van der Waals surface area contributed by atoms with Crippen molar-refractivity contribution >= 4 is 5.82 Å². The summed E-state index contributed by atoms with van der Waals surface area (Å²) in [5.41, 5.74) is 1.32. The van der Waals surface area contributed by atoms with Gasteiger partial charge >= 0.3 is 0 Å². The van der Waals surface area contributed by atoms with Gasteiger partial charge in [0, 0.05) is 30.9 Å². The molecule has 21 heavy (non-hydrogen) atoms. The van der Waals surface area contributed by atoms with Gasteiger partial charge in [-0.05, 0) is 37.8 Å². The fraction of sp³-hybridized carbons (Fsp3) is 0.722. The van der Waals surface area contributed by atoms with E-state index in [-0.39, 0.29) is 0 Å². The van der Waals surface area contributed by atoms with Gasteiger partial charge in [-0.2, -0.15) is 0 Å². The molecule has 0 radical (unpaired) electrons. The molecular formula is C18H33N3. The van der Waals surface area contributed by atoms with Crippen LogP contribution in [0.4, 0.5) is 5.82 Å². The smallest absolute Gasteiger partial charge is 0.133 e. The highest BCUT2D eigenvalue weighted by Gasteiger charge is 2.20. The minimum absolute atomic E-state index is 0.576. The molecule has 1 aromatic rings. The third-order valence-corrected chi connectivity index (χ3v) is 3.83. The quantitative estimate of drug-likeness (QED) is 0.654. The highest BCUT2D eigenvalue weighted by Crippen LogP contribution is 2.23. The van der Waals surface area contributed by atoms with Gasteiger partial charge in [-0.1, -0.05) is 40.7 Å². The maximum atomic E-state index is 4.71.